The zero-order chi connectivity index (χ0) is 20.1. The molecule has 3 heterocycles. The van der Waals surface area contributed by atoms with E-state index in [1.807, 2.05) is 10.9 Å². The van der Waals surface area contributed by atoms with Crippen molar-refractivity contribution in [2.75, 3.05) is 30.3 Å². The number of aromatic nitrogens is 4. The van der Waals surface area contributed by atoms with Crippen LogP contribution in [0.5, 0.6) is 0 Å². The maximum absolute atomic E-state index is 12.4. The Morgan fingerprint density at radius 2 is 1.90 bits per heavy atom. The lowest BCUT2D eigenvalue weighted by Crippen LogP contribution is -2.34. The average Bonchev–Trinajstić information content (AvgIpc) is 3.17. The van der Waals surface area contributed by atoms with Gasteiger partial charge in [0.25, 0.3) is 0 Å². The van der Waals surface area contributed by atoms with E-state index in [0.717, 1.165) is 53.7 Å². The third-order valence-corrected chi connectivity index (χ3v) is 6.71. The molecule has 0 spiro atoms. The fraction of sp³-hybridized carbons (Fsp3) is 0.714. The molecule has 0 atom stereocenters. The van der Waals surface area contributed by atoms with Gasteiger partial charge >= 0.3 is 0 Å². The number of nitrogens with one attached hydrogen (secondary N) is 1. The SMILES string of the molecule is CCSc1nc(N2CCCCC2)c2cnn(CCNC(=O)C3CCCCC3)c2n1. The van der Waals surface area contributed by atoms with Crippen LogP contribution in [-0.4, -0.2) is 51.0 Å². The topological polar surface area (TPSA) is 75.9 Å². The molecule has 0 aromatic carbocycles. The highest BCUT2D eigenvalue weighted by Gasteiger charge is 2.22. The summed E-state index contributed by atoms with van der Waals surface area (Å²) in [5.41, 5.74) is 0.878. The summed E-state index contributed by atoms with van der Waals surface area (Å²) in [4.78, 5) is 24.4. The van der Waals surface area contributed by atoms with E-state index in [4.69, 9.17) is 9.97 Å². The van der Waals surface area contributed by atoms with Crippen LogP contribution in [0.2, 0.25) is 0 Å². The van der Waals surface area contributed by atoms with Crippen LogP contribution in [0.15, 0.2) is 11.4 Å². The molecule has 2 fully saturated rings. The minimum Gasteiger partial charge on any atom is -0.356 e. The molecule has 0 bridgehead atoms. The monoisotopic (exact) mass is 416 g/mol. The number of carbonyl (C=O) groups is 1. The fourth-order valence-electron chi connectivity index (χ4n) is 4.42. The molecule has 1 N–H and O–H groups in total. The lowest BCUT2D eigenvalue weighted by molar-refractivity contribution is -0.125. The highest BCUT2D eigenvalue weighted by atomic mass is 32.2. The molecule has 4 rings (SSSR count). The molecule has 29 heavy (non-hydrogen) atoms. The highest BCUT2D eigenvalue weighted by molar-refractivity contribution is 7.99. The first kappa shape index (κ1) is 20.4. The van der Waals surface area contributed by atoms with Gasteiger partial charge in [-0.05, 0) is 37.9 Å². The quantitative estimate of drug-likeness (QED) is 0.549. The van der Waals surface area contributed by atoms with Gasteiger partial charge in [-0.3, -0.25) is 4.79 Å². The van der Waals surface area contributed by atoms with E-state index in [9.17, 15) is 4.79 Å². The van der Waals surface area contributed by atoms with E-state index in [0.29, 0.717) is 13.1 Å². The summed E-state index contributed by atoms with van der Waals surface area (Å²) < 4.78 is 1.92. The van der Waals surface area contributed by atoms with Crippen LogP contribution < -0.4 is 10.2 Å². The summed E-state index contributed by atoms with van der Waals surface area (Å²) in [6, 6.07) is 0. The zero-order valence-corrected chi connectivity index (χ0v) is 18.2. The van der Waals surface area contributed by atoms with Gasteiger partial charge < -0.3 is 10.2 Å². The molecule has 2 aromatic heterocycles. The largest absolute Gasteiger partial charge is 0.356 e. The summed E-state index contributed by atoms with van der Waals surface area (Å²) in [6.45, 7) is 5.44. The lowest BCUT2D eigenvalue weighted by Gasteiger charge is -2.28. The summed E-state index contributed by atoms with van der Waals surface area (Å²) in [7, 11) is 0. The van der Waals surface area contributed by atoms with E-state index in [1.165, 1.54) is 38.5 Å². The van der Waals surface area contributed by atoms with Crippen LogP contribution in [-0.2, 0) is 11.3 Å². The van der Waals surface area contributed by atoms with Crippen molar-refractivity contribution in [3.05, 3.63) is 6.20 Å². The van der Waals surface area contributed by atoms with Crippen LogP contribution >= 0.6 is 11.8 Å². The van der Waals surface area contributed by atoms with E-state index in [-0.39, 0.29) is 11.8 Å². The molecule has 7 nitrogen and oxygen atoms in total. The number of rotatable bonds is 7. The van der Waals surface area contributed by atoms with Crippen molar-refractivity contribution >= 4 is 34.5 Å². The molecule has 1 amide bonds. The molecule has 158 valence electrons. The Labute approximate surface area is 177 Å². The average molecular weight is 417 g/mol. The Hall–Kier alpha value is -1.83. The molecule has 0 unspecified atom stereocenters. The number of piperidine rings is 1. The Morgan fingerprint density at radius 3 is 2.66 bits per heavy atom. The van der Waals surface area contributed by atoms with Crippen molar-refractivity contribution in [1.29, 1.82) is 0 Å². The molecule has 8 heteroatoms. The summed E-state index contributed by atoms with van der Waals surface area (Å²) >= 11 is 1.67. The van der Waals surface area contributed by atoms with Crippen molar-refractivity contribution in [2.24, 2.45) is 5.92 Å². The number of anilines is 1. The molecule has 1 saturated heterocycles. The summed E-state index contributed by atoms with van der Waals surface area (Å²) in [6.07, 6.45) is 11.3. The van der Waals surface area contributed by atoms with Crippen molar-refractivity contribution < 1.29 is 4.79 Å². The van der Waals surface area contributed by atoms with Gasteiger partial charge in [-0.2, -0.15) is 5.10 Å². The molecule has 2 aromatic rings. The van der Waals surface area contributed by atoms with Gasteiger partial charge in [0.2, 0.25) is 5.91 Å². The minimum atomic E-state index is 0.193. The van der Waals surface area contributed by atoms with E-state index in [2.05, 4.69) is 22.2 Å². The second kappa shape index (κ2) is 9.78. The number of fused-ring (bicyclic) bond motifs is 1. The smallest absolute Gasteiger partial charge is 0.223 e. The van der Waals surface area contributed by atoms with Gasteiger partial charge in [-0.1, -0.05) is 37.9 Å². The van der Waals surface area contributed by atoms with Crippen LogP contribution in [0.25, 0.3) is 11.0 Å². The molecule has 1 saturated carbocycles. The number of thioether (sulfide) groups is 1. The maximum atomic E-state index is 12.4. The van der Waals surface area contributed by atoms with Gasteiger partial charge in [0.1, 0.15) is 5.82 Å². The van der Waals surface area contributed by atoms with Crippen molar-refractivity contribution in [1.82, 2.24) is 25.1 Å². The maximum Gasteiger partial charge on any atom is 0.223 e. The van der Waals surface area contributed by atoms with Gasteiger partial charge in [-0.25, -0.2) is 14.6 Å². The van der Waals surface area contributed by atoms with Crippen LogP contribution in [0.4, 0.5) is 5.82 Å². The predicted octanol–water partition coefficient (Wildman–Crippen LogP) is 3.63. The predicted molar refractivity (Wildman–Crippen MR) is 117 cm³/mol. The van der Waals surface area contributed by atoms with Crippen LogP contribution in [0, 0.1) is 5.92 Å². The fourth-order valence-corrected chi connectivity index (χ4v) is 4.98. The van der Waals surface area contributed by atoms with E-state index < -0.39 is 0 Å². The zero-order valence-electron chi connectivity index (χ0n) is 17.4. The number of amides is 1. The lowest BCUT2D eigenvalue weighted by atomic mass is 9.89. The van der Waals surface area contributed by atoms with E-state index >= 15 is 0 Å². The Bertz CT molecular complexity index is 826. The van der Waals surface area contributed by atoms with Crippen LogP contribution in [0.1, 0.15) is 58.3 Å². The van der Waals surface area contributed by atoms with Gasteiger partial charge in [0.05, 0.1) is 18.1 Å². The van der Waals surface area contributed by atoms with Crippen molar-refractivity contribution in [3.8, 4) is 0 Å². The molecular formula is C21H32N6OS. The first-order chi connectivity index (χ1) is 14.3. The Morgan fingerprint density at radius 1 is 1.14 bits per heavy atom. The molecule has 2 aliphatic rings. The van der Waals surface area contributed by atoms with E-state index in [1.54, 1.807) is 11.8 Å². The summed E-state index contributed by atoms with van der Waals surface area (Å²) in [5, 5.41) is 9.54. The number of hydrogen-bond donors (Lipinski definition) is 1. The molecule has 1 aliphatic heterocycles. The van der Waals surface area contributed by atoms with Gasteiger partial charge in [0.15, 0.2) is 10.8 Å². The molecule has 1 aliphatic carbocycles. The third kappa shape index (κ3) is 4.85. The second-order valence-corrected chi connectivity index (χ2v) is 9.27. The van der Waals surface area contributed by atoms with Gasteiger partial charge in [-0.15, -0.1) is 0 Å². The third-order valence-electron chi connectivity index (χ3n) is 5.98. The van der Waals surface area contributed by atoms with Crippen molar-refractivity contribution in [3.63, 3.8) is 0 Å². The van der Waals surface area contributed by atoms with Crippen LogP contribution in [0.3, 0.4) is 0 Å². The van der Waals surface area contributed by atoms with Crippen molar-refractivity contribution in [2.45, 2.75) is 70.0 Å². The molecule has 0 radical (unpaired) electrons. The second-order valence-electron chi connectivity index (χ2n) is 8.04. The Balaban J connectivity index is 1.49. The number of hydrogen-bond acceptors (Lipinski definition) is 6. The highest BCUT2D eigenvalue weighted by Crippen LogP contribution is 2.29. The first-order valence-corrected chi connectivity index (χ1v) is 12.1. The number of carbonyl (C=O) groups excluding carboxylic acids is 1. The summed E-state index contributed by atoms with van der Waals surface area (Å²) in [5.74, 6) is 2.35. The number of nitrogens with zero attached hydrogens (tertiary/aromatic N) is 5. The molecular weight excluding hydrogens is 384 g/mol. The normalized spacial score (nSPS) is 18.3. The van der Waals surface area contributed by atoms with Gasteiger partial charge in [0, 0.05) is 25.6 Å². The first-order valence-electron chi connectivity index (χ1n) is 11.1. The minimum absolute atomic E-state index is 0.193. The standard InChI is InChI=1S/C21H32N6OS/c1-2-29-21-24-18(26-12-7-4-8-13-26)17-15-23-27(19(17)25-21)14-11-22-20(28)16-9-5-3-6-10-16/h15-16H,2-14H2,1H3,(H,22,28). The Kier molecular flexibility index (Phi) is 6.90.